The molecule has 0 aliphatic heterocycles. The van der Waals surface area contributed by atoms with Crippen LogP contribution in [0.3, 0.4) is 0 Å². The van der Waals surface area contributed by atoms with Crippen molar-refractivity contribution in [2.24, 2.45) is 0 Å². The highest BCUT2D eigenvalue weighted by Gasteiger charge is 2.15. The summed E-state index contributed by atoms with van der Waals surface area (Å²) in [5, 5.41) is 8.95. The summed E-state index contributed by atoms with van der Waals surface area (Å²) in [6, 6.07) is 9.83. The molecule has 0 bridgehead atoms. The molecule has 0 aliphatic rings. The molecule has 0 aliphatic carbocycles. The van der Waals surface area contributed by atoms with Crippen molar-refractivity contribution in [1.82, 2.24) is 4.98 Å². The lowest BCUT2D eigenvalue weighted by Gasteiger charge is -2.28. The highest BCUT2D eigenvalue weighted by molar-refractivity contribution is 5.87. The van der Waals surface area contributed by atoms with Gasteiger partial charge in [0.15, 0.2) is 0 Å². The Bertz CT molecular complexity index is 648. The molecule has 4 heteroatoms. The molecule has 110 valence electrons. The molecule has 4 nitrogen and oxygen atoms in total. The fourth-order valence-electron chi connectivity index (χ4n) is 2.23. The van der Waals surface area contributed by atoms with E-state index in [-0.39, 0.29) is 11.6 Å². The van der Waals surface area contributed by atoms with Crippen LogP contribution < -0.4 is 4.90 Å². The number of hydrogen-bond acceptors (Lipinski definition) is 3. The van der Waals surface area contributed by atoms with E-state index in [0.29, 0.717) is 0 Å². The van der Waals surface area contributed by atoms with Gasteiger partial charge in [0, 0.05) is 17.9 Å². The molecule has 0 fully saturated rings. The number of carbonyl (C=O) groups is 1. The van der Waals surface area contributed by atoms with Gasteiger partial charge in [-0.05, 0) is 63.1 Å². The molecule has 0 saturated carbocycles. The van der Waals surface area contributed by atoms with Gasteiger partial charge in [-0.15, -0.1) is 0 Å². The number of aryl methyl sites for hydroxylation is 2. The van der Waals surface area contributed by atoms with Gasteiger partial charge < -0.3 is 10.0 Å². The van der Waals surface area contributed by atoms with E-state index in [4.69, 9.17) is 5.11 Å². The smallest absolute Gasteiger partial charge is 0.337 e. The number of benzene rings is 1. The number of anilines is 2. The average molecular weight is 284 g/mol. The van der Waals surface area contributed by atoms with Crippen molar-refractivity contribution in [2.45, 2.75) is 33.7 Å². The molecule has 0 atom stereocenters. The second-order valence-electron chi connectivity index (χ2n) is 5.44. The fourth-order valence-corrected chi connectivity index (χ4v) is 2.23. The van der Waals surface area contributed by atoms with Gasteiger partial charge in [0.25, 0.3) is 0 Å². The van der Waals surface area contributed by atoms with Crippen LogP contribution in [0.4, 0.5) is 11.5 Å². The number of hydrogen-bond donors (Lipinski definition) is 1. The van der Waals surface area contributed by atoms with Crippen LogP contribution in [0, 0.1) is 13.8 Å². The van der Waals surface area contributed by atoms with Gasteiger partial charge in [0.1, 0.15) is 5.82 Å². The summed E-state index contributed by atoms with van der Waals surface area (Å²) in [7, 11) is 0. The average Bonchev–Trinajstić information content (AvgIpc) is 2.43. The molecule has 0 amide bonds. The summed E-state index contributed by atoms with van der Waals surface area (Å²) in [6.45, 7) is 8.33. The van der Waals surface area contributed by atoms with Crippen LogP contribution in [0.1, 0.15) is 35.3 Å². The molecule has 2 rings (SSSR count). The summed E-state index contributed by atoms with van der Waals surface area (Å²) in [5.74, 6) is -0.213. The monoisotopic (exact) mass is 284 g/mol. The van der Waals surface area contributed by atoms with E-state index in [9.17, 15) is 4.79 Å². The van der Waals surface area contributed by atoms with Crippen LogP contribution >= 0.6 is 0 Å². The number of pyridine rings is 1. The molecule has 0 unspecified atom stereocenters. The highest BCUT2D eigenvalue weighted by atomic mass is 16.4. The summed E-state index contributed by atoms with van der Waals surface area (Å²) in [5.41, 5.74) is 3.73. The lowest BCUT2D eigenvalue weighted by Crippen LogP contribution is -2.26. The second-order valence-corrected chi connectivity index (χ2v) is 5.44. The summed E-state index contributed by atoms with van der Waals surface area (Å²) >= 11 is 0. The van der Waals surface area contributed by atoms with Crippen molar-refractivity contribution in [3.05, 3.63) is 53.2 Å². The van der Waals surface area contributed by atoms with Crippen molar-refractivity contribution in [3.63, 3.8) is 0 Å². The van der Waals surface area contributed by atoms with Crippen molar-refractivity contribution in [1.29, 1.82) is 0 Å². The quantitative estimate of drug-likeness (QED) is 0.923. The minimum atomic E-state index is -0.962. The summed E-state index contributed by atoms with van der Waals surface area (Å²) < 4.78 is 0. The van der Waals surface area contributed by atoms with Gasteiger partial charge in [-0.1, -0.05) is 6.07 Å². The Kier molecular flexibility index (Phi) is 4.26. The number of rotatable bonds is 4. The first-order valence-electron chi connectivity index (χ1n) is 6.96. The molecular formula is C17H20N2O2. The van der Waals surface area contributed by atoms with Gasteiger partial charge in [-0.3, -0.25) is 0 Å². The molecule has 2 aromatic rings. The van der Waals surface area contributed by atoms with Crippen LogP contribution in [0.2, 0.25) is 0 Å². The van der Waals surface area contributed by atoms with Crippen LogP contribution in [-0.4, -0.2) is 22.1 Å². The predicted molar refractivity (Wildman–Crippen MR) is 84.4 cm³/mol. The second kappa shape index (κ2) is 5.95. The maximum absolute atomic E-state index is 10.9. The standard InChI is InChI=1S/C17H20N2O2/c1-11(2)19(15-7-5-12(3)13(4)9-15)16-8-6-14(10-18-16)17(20)21/h5-11H,1-4H3,(H,20,21). The van der Waals surface area contributed by atoms with Crippen LogP contribution in [-0.2, 0) is 0 Å². The van der Waals surface area contributed by atoms with Gasteiger partial charge in [0.2, 0.25) is 0 Å². The molecule has 1 heterocycles. The predicted octanol–water partition coefficient (Wildman–Crippen LogP) is 3.94. The lowest BCUT2D eigenvalue weighted by molar-refractivity contribution is 0.0696. The van der Waals surface area contributed by atoms with Crippen molar-refractivity contribution < 1.29 is 9.90 Å². The Labute approximate surface area is 125 Å². The third-order valence-electron chi connectivity index (χ3n) is 3.53. The lowest BCUT2D eigenvalue weighted by atomic mass is 10.1. The van der Waals surface area contributed by atoms with Gasteiger partial charge >= 0.3 is 5.97 Å². The van der Waals surface area contributed by atoms with E-state index in [0.717, 1.165) is 11.5 Å². The van der Waals surface area contributed by atoms with Gasteiger partial charge in [0.05, 0.1) is 5.56 Å². The zero-order valence-corrected chi connectivity index (χ0v) is 12.8. The molecule has 0 radical (unpaired) electrons. The Morgan fingerprint density at radius 2 is 1.86 bits per heavy atom. The zero-order chi connectivity index (χ0) is 15.6. The van der Waals surface area contributed by atoms with Crippen molar-refractivity contribution in [3.8, 4) is 0 Å². The maximum atomic E-state index is 10.9. The van der Waals surface area contributed by atoms with E-state index in [1.54, 1.807) is 12.1 Å². The highest BCUT2D eigenvalue weighted by Crippen LogP contribution is 2.28. The molecular weight excluding hydrogens is 264 g/mol. The van der Waals surface area contributed by atoms with Crippen LogP contribution in [0.15, 0.2) is 36.5 Å². The SMILES string of the molecule is Cc1ccc(N(c2ccc(C(=O)O)cn2)C(C)C)cc1C. The Balaban J connectivity index is 2.43. The third kappa shape index (κ3) is 3.21. The van der Waals surface area contributed by atoms with E-state index in [1.165, 1.54) is 17.3 Å². The number of aromatic nitrogens is 1. The molecule has 1 aromatic heterocycles. The van der Waals surface area contributed by atoms with E-state index >= 15 is 0 Å². The molecule has 1 aromatic carbocycles. The first-order chi connectivity index (χ1) is 9.90. The minimum absolute atomic E-state index is 0.197. The number of carboxylic acids is 1. The number of carboxylic acid groups (broad SMARTS) is 1. The summed E-state index contributed by atoms with van der Waals surface area (Å²) in [6.07, 6.45) is 1.40. The van der Waals surface area contributed by atoms with Gasteiger partial charge in [-0.2, -0.15) is 0 Å². The normalized spacial score (nSPS) is 10.7. The third-order valence-corrected chi connectivity index (χ3v) is 3.53. The van der Waals surface area contributed by atoms with E-state index in [1.807, 2.05) is 0 Å². The molecule has 0 saturated heterocycles. The van der Waals surface area contributed by atoms with Crippen LogP contribution in [0.25, 0.3) is 0 Å². The summed E-state index contributed by atoms with van der Waals surface area (Å²) in [4.78, 5) is 17.3. The number of aromatic carboxylic acids is 1. The Hall–Kier alpha value is -2.36. The Morgan fingerprint density at radius 1 is 1.14 bits per heavy atom. The largest absolute Gasteiger partial charge is 0.478 e. The van der Waals surface area contributed by atoms with E-state index in [2.05, 4.69) is 55.8 Å². The van der Waals surface area contributed by atoms with Crippen LogP contribution in [0.5, 0.6) is 0 Å². The van der Waals surface area contributed by atoms with Gasteiger partial charge in [-0.25, -0.2) is 9.78 Å². The molecule has 21 heavy (non-hydrogen) atoms. The minimum Gasteiger partial charge on any atom is -0.478 e. The van der Waals surface area contributed by atoms with Crippen molar-refractivity contribution >= 4 is 17.5 Å². The maximum Gasteiger partial charge on any atom is 0.337 e. The first-order valence-corrected chi connectivity index (χ1v) is 6.96. The molecule has 1 N–H and O–H groups in total. The topological polar surface area (TPSA) is 53.4 Å². The zero-order valence-electron chi connectivity index (χ0n) is 12.8. The number of nitrogens with zero attached hydrogens (tertiary/aromatic N) is 2. The first kappa shape index (κ1) is 15.0. The fraction of sp³-hybridized carbons (Fsp3) is 0.294. The molecule has 0 spiro atoms. The Morgan fingerprint density at radius 3 is 2.33 bits per heavy atom. The van der Waals surface area contributed by atoms with Crippen molar-refractivity contribution in [2.75, 3.05) is 4.90 Å². The van der Waals surface area contributed by atoms with E-state index < -0.39 is 5.97 Å².